The van der Waals surface area contributed by atoms with Crippen molar-refractivity contribution >= 4 is 22.7 Å². The van der Waals surface area contributed by atoms with E-state index < -0.39 is 0 Å². The highest BCUT2D eigenvalue weighted by Crippen LogP contribution is 2.22. The van der Waals surface area contributed by atoms with Crippen molar-refractivity contribution in [3.63, 3.8) is 0 Å². The molecular weight excluding hydrogens is 364 g/mol. The van der Waals surface area contributed by atoms with Crippen molar-refractivity contribution in [1.82, 2.24) is 14.9 Å². The third-order valence-corrected chi connectivity index (χ3v) is 5.47. The molecule has 0 saturated heterocycles. The molecule has 0 spiro atoms. The smallest absolute Gasteiger partial charge is 0.253 e. The van der Waals surface area contributed by atoms with E-state index in [9.17, 15) is 4.79 Å². The van der Waals surface area contributed by atoms with Crippen LogP contribution in [0.5, 0.6) is 0 Å². The summed E-state index contributed by atoms with van der Waals surface area (Å²) in [4.78, 5) is 22.7. The number of hydrogen-bond donors (Lipinski definition) is 1. The van der Waals surface area contributed by atoms with Crippen LogP contribution in [0.1, 0.15) is 42.7 Å². The van der Waals surface area contributed by atoms with Crippen molar-refractivity contribution in [2.45, 2.75) is 39.3 Å². The molecule has 2 aromatic heterocycles. The zero-order chi connectivity index (χ0) is 20.4. The summed E-state index contributed by atoms with van der Waals surface area (Å²) in [5.74, 6) is -0.00529. The van der Waals surface area contributed by atoms with Gasteiger partial charge in [0.25, 0.3) is 5.91 Å². The zero-order valence-electron chi connectivity index (χ0n) is 17.0. The standard InChI is InChI=1S/C23H26N4O2/c1-15(2)27-10-9-18-12-19(13-24-22(18)27)23(28)25-14-20-16(3)21(29-26-20)11-17-7-5-4-6-8-17/h4-10,12-13,15-16,21H,11,14H2,1-3H3,(H,25,28). The Morgan fingerprint density at radius 1 is 1.24 bits per heavy atom. The molecule has 2 atom stereocenters. The fourth-order valence-corrected chi connectivity index (χ4v) is 3.64. The number of carbonyl (C=O) groups excluding carboxylic acids is 1. The Morgan fingerprint density at radius 2 is 2.03 bits per heavy atom. The van der Waals surface area contributed by atoms with Crippen LogP contribution in [0, 0.1) is 5.92 Å². The first-order chi connectivity index (χ1) is 14.0. The molecule has 1 aromatic carbocycles. The van der Waals surface area contributed by atoms with Crippen molar-refractivity contribution in [3.8, 4) is 0 Å². The SMILES string of the molecule is CC1C(CNC(=O)c2cnc3c(ccn3C(C)C)c2)=NOC1Cc1ccccc1. The van der Waals surface area contributed by atoms with E-state index in [1.807, 2.05) is 36.5 Å². The predicted molar refractivity (Wildman–Crippen MR) is 114 cm³/mol. The van der Waals surface area contributed by atoms with E-state index in [2.05, 4.69) is 52.9 Å². The van der Waals surface area contributed by atoms with E-state index in [1.165, 1.54) is 5.56 Å². The van der Waals surface area contributed by atoms with E-state index in [0.29, 0.717) is 18.2 Å². The van der Waals surface area contributed by atoms with Gasteiger partial charge in [-0.25, -0.2) is 4.98 Å². The van der Waals surface area contributed by atoms with Crippen molar-refractivity contribution < 1.29 is 9.63 Å². The van der Waals surface area contributed by atoms with Crippen LogP contribution >= 0.6 is 0 Å². The van der Waals surface area contributed by atoms with E-state index >= 15 is 0 Å². The molecule has 0 aliphatic carbocycles. The number of aromatic nitrogens is 2. The van der Waals surface area contributed by atoms with Gasteiger partial charge < -0.3 is 14.7 Å². The third kappa shape index (κ3) is 4.01. The molecule has 3 heterocycles. The van der Waals surface area contributed by atoms with Gasteiger partial charge in [-0.15, -0.1) is 0 Å². The van der Waals surface area contributed by atoms with Gasteiger partial charge in [-0.05, 0) is 31.5 Å². The molecule has 1 aliphatic rings. The first-order valence-electron chi connectivity index (χ1n) is 10.0. The average Bonchev–Trinajstić information content (AvgIpc) is 3.30. The molecule has 0 saturated carbocycles. The van der Waals surface area contributed by atoms with Gasteiger partial charge in [0.05, 0.1) is 17.8 Å². The molecule has 29 heavy (non-hydrogen) atoms. The second-order valence-corrected chi connectivity index (χ2v) is 7.84. The highest BCUT2D eigenvalue weighted by atomic mass is 16.6. The summed E-state index contributed by atoms with van der Waals surface area (Å²) in [6.45, 7) is 6.68. The molecule has 1 N–H and O–H groups in total. The maximum atomic E-state index is 12.6. The Balaban J connectivity index is 1.36. The Kier molecular flexibility index (Phi) is 5.34. The summed E-state index contributed by atoms with van der Waals surface area (Å²) in [6.07, 6.45) is 4.43. The Hall–Kier alpha value is -3.15. The van der Waals surface area contributed by atoms with Crippen LogP contribution in [0.25, 0.3) is 11.0 Å². The molecule has 150 valence electrons. The van der Waals surface area contributed by atoms with Gasteiger partial charge in [-0.2, -0.15) is 0 Å². The number of oxime groups is 1. The Labute approximate surface area is 170 Å². The summed E-state index contributed by atoms with van der Waals surface area (Å²) in [5, 5.41) is 8.13. The minimum Gasteiger partial charge on any atom is -0.391 e. The monoisotopic (exact) mass is 390 g/mol. The molecule has 1 amide bonds. The number of pyridine rings is 1. The molecule has 6 nitrogen and oxygen atoms in total. The lowest BCUT2D eigenvalue weighted by molar-refractivity contribution is 0.0660. The molecule has 0 radical (unpaired) electrons. The fourth-order valence-electron chi connectivity index (χ4n) is 3.64. The fraction of sp³-hybridized carbons (Fsp3) is 0.348. The molecule has 2 unspecified atom stereocenters. The van der Waals surface area contributed by atoms with Crippen molar-refractivity contribution in [2.24, 2.45) is 11.1 Å². The van der Waals surface area contributed by atoms with E-state index in [1.54, 1.807) is 6.20 Å². The highest BCUT2D eigenvalue weighted by Gasteiger charge is 2.30. The number of benzene rings is 1. The number of rotatable bonds is 6. The molecule has 3 aromatic rings. The molecule has 0 bridgehead atoms. The summed E-state index contributed by atoms with van der Waals surface area (Å²) >= 11 is 0. The highest BCUT2D eigenvalue weighted by molar-refractivity contribution is 6.00. The van der Waals surface area contributed by atoms with Gasteiger partial charge in [-0.3, -0.25) is 4.79 Å². The predicted octanol–water partition coefficient (Wildman–Crippen LogP) is 3.98. The summed E-state index contributed by atoms with van der Waals surface area (Å²) < 4.78 is 2.09. The molecule has 6 heteroatoms. The van der Waals surface area contributed by atoms with Crippen LogP contribution in [-0.2, 0) is 11.3 Å². The molecule has 4 rings (SSSR count). The topological polar surface area (TPSA) is 68.5 Å². The van der Waals surface area contributed by atoms with Crippen LogP contribution in [-0.4, -0.2) is 33.8 Å². The summed E-state index contributed by atoms with van der Waals surface area (Å²) in [7, 11) is 0. The molecule has 0 fully saturated rings. The first kappa shape index (κ1) is 19.2. The number of fused-ring (bicyclic) bond motifs is 1. The van der Waals surface area contributed by atoms with Crippen LogP contribution in [0.15, 0.2) is 60.0 Å². The lowest BCUT2D eigenvalue weighted by Gasteiger charge is -2.15. The van der Waals surface area contributed by atoms with Crippen LogP contribution in [0.2, 0.25) is 0 Å². The minimum atomic E-state index is -0.155. The number of nitrogens with zero attached hydrogens (tertiary/aromatic N) is 3. The Morgan fingerprint density at radius 3 is 2.79 bits per heavy atom. The maximum absolute atomic E-state index is 12.6. The second kappa shape index (κ2) is 8.07. The van der Waals surface area contributed by atoms with Crippen molar-refractivity contribution in [1.29, 1.82) is 0 Å². The van der Waals surface area contributed by atoms with Gasteiger partial charge in [-0.1, -0.05) is 42.4 Å². The number of nitrogens with one attached hydrogen (secondary N) is 1. The second-order valence-electron chi connectivity index (χ2n) is 7.84. The van der Waals surface area contributed by atoms with Crippen molar-refractivity contribution in [2.75, 3.05) is 6.54 Å². The van der Waals surface area contributed by atoms with Crippen LogP contribution in [0.3, 0.4) is 0 Å². The largest absolute Gasteiger partial charge is 0.391 e. The van der Waals surface area contributed by atoms with Gasteiger partial charge in [0.2, 0.25) is 0 Å². The minimum absolute atomic E-state index is 0.00174. The number of carbonyl (C=O) groups is 1. The lowest BCUT2D eigenvalue weighted by atomic mass is 9.94. The molecular formula is C23H26N4O2. The molecule has 1 aliphatic heterocycles. The van der Waals surface area contributed by atoms with Gasteiger partial charge in [0.1, 0.15) is 11.8 Å². The summed E-state index contributed by atoms with van der Waals surface area (Å²) in [5.41, 5.74) is 3.52. The van der Waals surface area contributed by atoms with Gasteiger partial charge >= 0.3 is 0 Å². The van der Waals surface area contributed by atoms with E-state index in [4.69, 9.17) is 4.84 Å². The Bertz CT molecular complexity index is 1040. The quantitative estimate of drug-likeness (QED) is 0.692. The van der Waals surface area contributed by atoms with Crippen LogP contribution < -0.4 is 5.32 Å². The van der Waals surface area contributed by atoms with E-state index in [-0.39, 0.29) is 17.9 Å². The van der Waals surface area contributed by atoms with Crippen molar-refractivity contribution in [3.05, 3.63) is 66.0 Å². The average molecular weight is 390 g/mol. The number of hydrogen-bond acceptors (Lipinski definition) is 4. The normalized spacial score (nSPS) is 18.7. The lowest BCUT2D eigenvalue weighted by Crippen LogP contribution is -2.33. The van der Waals surface area contributed by atoms with Gasteiger partial charge in [0, 0.05) is 36.2 Å². The van der Waals surface area contributed by atoms with E-state index in [0.717, 1.165) is 23.2 Å². The maximum Gasteiger partial charge on any atom is 0.253 e. The first-order valence-corrected chi connectivity index (χ1v) is 10.0. The van der Waals surface area contributed by atoms with Gasteiger partial charge in [0.15, 0.2) is 0 Å². The number of amides is 1. The van der Waals surface area contributed by atoms with Crippen LogP contribution in [0.4, 0.5) is 0 Å². The third-order valence-electron chi connectivity index (χ3n) is 5.47. The zero-order valence-corrected chi connectivity index (χ0v) is 17.0. The summed E-state index contributed by atoms with van der Waals surface area (Å²) in [6, 6.07) is 14.4.